The molecule has 7 heteroatoms. The molecule has 1 unspecified atom stereocenters. The molecule has 3 aromatic rings. The summed E-state index contributed by atoms with van der Waals surface area (Å²) in [5, 5.41) is 19.7. The summed E-state index contributed by atoms with van der Waals surface area (Å²) in [5.74, 6) is -1.91. The molecule has 0 aromatic heterocycles. The van der Waals surface area contributed by atoms with Gasteiger partial charge in [-0.15, -0.1) is 0 Å². The van der Waals surface area contributed by atoms with Crippen LogP contribution in [0.4, 0.5) is 8.78 Å². The average Bonchev–Trinajstić information content (AvgIpc) is 2.83. The van der Waals surface area contributed by atoms with Gasteiger partial charge in [0.25, 0.3) is 0 Å². The predicted octanol–water partition coefficient (Wildman–Crippen LogP) is 4.30. The van der Waals surface area contributed by atoms with Crippen molar-refractivity contribution in [3.63, 3.8) is 0 Å². The Labute approximate surface area is 192 Å². The summed E-state index contributed by atoms with van der Waals surface area (Å²) < 4.78 is 33.4. The normalized spacial score (nSPS) is 16.1. The number of hydrogen-bond donors (Lipinski definition) is 2. The average molecular weight is 455 g/mol. The van der Waals surface area contributed by atoms with Crippen LogP contribution in [0.1, 0.15) is 22.8 Å². The summed E-state index contributed by atoms with van der Waals surface area (Å²) in [6, 6.07) is 18.4. The molecule has 0 saturated carbocycles. The molecular weight excluding hydrogens is 426 g/mol. The Kier molecular flexibility index (Phi) is 7.54. The SMILES string of the molecule is Oc1cccc(CN2CCN(CCOC(c3ccccc3)c3ccc(F)c(F)c3)CC2)c1O. The van der Waals surface area contributed by atoms with Crippen molar-refractivity contribution in [2.75, 3.05) is 39.3 Å². The number of halogens is 2. The number of hydrogen-bond acceptors (Lipinski definition) is 5. The first-order valence-electron chi connectivity index (χ1n) is 11.1. The molecule has 0 aliphatic carbocycles. The monoisotopic (exact) mass is 454 g/mol. The molecule has 1 aliphatic heterocycles. The zero-order valence-corrected chi connectivity index (χ0v) is 18.3. The van der Waals surface area contributed by atoms with E-state index in [1.165, 1.54) is 12.1 Å². The molecule has 174 valence electrons. The Bertz CT molecular complexity index is 1060. The Balaban J connectivity index is 1.31. The highest BCUT2D eigenvalue weighted by Crippen LogP contribution is 2.30. The molecule has 1 fully saturated rings. The fraction of sp³-hybridized carbons (Fsp3) is 0.308. The van der Waals surface area contributed by atoms with Crippen LogP contribution in [0.5, 0.6) is 11.5 Å². The number of nitrogens with zero attached hydrogens (tertiary/aromatic N) is 2. The van der Waals surface area contributed by atoms with E-state index in [4.69, 9.17) is 4.74 Å². The minimum Gasteiger partial charge on any atom is -0.504 e. The van der Waals surface area contributed by atoms with Gasteiger partial charge in [-0.25, -0.2) is 8.78 Å². The van der Waals surface area contributed by atoms with Crippen molar-refractivity contribution in [1.29, 1.82) is 0 Å². The molecule has 0 radical (unpaired) electrons. The van der Waals surface area contributed by atoms with E-state index < -0.39 is 17.7 Å². The molecule has 1 aliphatic rings. The summed E-state index contributed by atoms with van der Waals surface area (Å²) in [5.41, 5.74) is 2.18. The number of benzene rings is 3. The maximum absolute atomic E-state index is 13.8. The lowest BCUT2D eigenvalue weighted by molar-refractivity contribution is 0.0439. The number of phenols is 2. The van der Waals surface area contributed by atoms with Crippen LogP contribution in [0.3, 0.4) is 0 Å². The quantitative estimate of drug-likeness (QED) is 0.497. The molecule has 2 N–H and O–H groups in total. The first-order valence-corrected chi connectivity index (χ1v) is 11.1. The highest BCUT2D eigenvalue weighted by Gasteiger charge is 2.20. The largest absolute Gasteiger partial charge is 0.504 e. The van der Waals surface area contributed by atoms with Crippen LogP contribution in [0.2, 0.25) is 0 Å². The topological polar surface area (TPSA) is 56.2 Å². The molecule has 33 heavy (non-hydrogen) atoms. The van der Waals surface area contributed by atoms with Crippen LogP contribution in [-0.2, 0) is 11.3 Å². The van der Waals surface area contributed by atoms with Crippen LogP contribution in [0, 0.1) is 11.6 Å². The van der Waals surface area contributed by atoms with Crippen molar-refractivity contribution in [1.82, 2.24) is 9.80 Å². The van der Waals surface area contributed by atoms with Crippen LogP contribution in [-0.4, -0.2) is 59.3 Å². The number of rotatable bonds is 8. The van der Waals surface area contributed by atoms with Crippen LogP contribution in [0.25, 0.3) is 0 Å². The first kappa shape index (κ1) is 23.2. The molecule has 0 amide bonds. The second-order valence-electron chi connectivity index (χ2n) is 8.24. The Morgan fingerprint density at radius 3 is 2.24 bits per heavy atom. The lowest BCUT2D eigenvalue weighted by atomic mass is 10.0. The molecule has 1 heterocycles. The van der Waals surface area contributed by atoms with E-state index in [1.54, 1.807) is 12.1 Å². The third-order valence-electron chi connectivity index (χ3n) is 6.00. The fourth-order valence-electron chi connectivity index (χ4n) is 4.11. The number of aromatic hydroxyl groups is 2. The first-order chi connectivity index (χ1) is 16.0. The van der Waals surface area contributed by atoms with Crippen LogP contribution < -0.4 is 0 Å². The second kappa shape index (κ2) is 10.7. The maximum Gasteiger partial charge on any atom is 0.161 e. The minimum atomic E-state index is -0.883. The van der Waals surface area contributed by atoms with Crippen molar-refractivity contribution >= 4 is 0 Å². The number of piperazine rings is 1. The Morgan fingerprint density at radius 2 is 1.52 bits per heavy atom. The summed E-state index contributed by atoms with van der Waals surface area (Å²) in [6.07, 6.45) is -0.476. The van der Waals surface area contributed by atoms with Gasteiger partial charge in [-0.05, 0) is 29.3 Å². The van der Waals surface area contributed by atoms with Gasteiger partial charge in [0.1, 0.15) is 6.10 Å². The zero-order chi connectivity index (χ0) is 23.2. The van der Waals surface area contributed by atoms with Gasteiger partial charge in [-0.2, -0.15) is 0 Å². The van der Waals surface area contributed by atoms with Gasteiger partial charge in [0.2, 0.25) is 0 Å². The van der Waals surface area contributed by atoms with E-state index in [9.17, 15) is 19.0 Å². The highest BCUT2D eigenvalue weighted by molar-refractivity contribution is 5.44. The van der Waals surface area contributed by atoms with E-state index >= 15 is 0 Å². The molecule has 5 nitrogen and oxygen atoms in total. The van der Waals surface area contributed by atoms with E-state index in [2.05, 4.69) is 9.80 Å². The number of ether oxygens (including phenoxy) is 1. The van der Waals surface area contributed by atoms with Gasteiger partial charge in [-0.1, -0.05) is 48.5 Å². The molecular formula is C26H28F2N2O3. The van der Waals surface area contributed by atoms with E-state index in [0.29, 0.717) is 24.3 Å². The summed E-state index contributed by atoms with van der Waals surface area (Å²) >= 11 is 0. The smallest absolute Gasteiger partial charge is 0.161 e. The van der Waals surface area contributed by atoms with Crippen molar-refractivity contribution in [3.05, 3.63) is 95.1 Å². The van der Waals surface area contributed by atoms with Crippen molar-refractivity contribution in [3.8, 4) is 11.5 Å². The van der Waals surface area contributed by atoms with Gasteiger partial charge < -0.3 is 14.9 Å². The predicted molar refractivity (Wildman–Crippen MR) is 122 cm³/mol. The maximum atomic E-state index is 13.8. The molecule has 3 aromatic carbocycles. The Morgan fingerprint density at radius 1 is 0.788 bits per heavy atom. The van der Waals surface area contributed by atoms with Crippen LogP contribution in [0.15, 0.2) is 66.7 Å². The van der Waals surface area contributed by atoms with Gasteiger partial charge in [0, 0.05) is 44.8 Å². The summed E-state index contributed by atoms with van der Waals surface area (Å²) in [4.78, 5) is 4.53. The van der Waals surface area contributed by atoms with Gasteiger partial charge in [-0.3, -0.25) is 9.80 Å². The van der Waals surface area contributed by atoms with Crippen molar-refractivity contribution in [2.45, 2.75) is 12.6 Å². The molecule has 0 bridgehead atoms. The molecule has 1 atom stereocenters. The lowest BCUT2D eigenvalue weighted by Crippen LogP contribution is -2.46. The third kappa shape index (κ3) is 5.87. The number of para-hydroxylation sites is 1. The second-order valence-corrected chi connectivity index (χ2v) is 8.24. The minimum absolute atomic E-state index is 0.0579. The van der Waals surface area contributed by atoms with Gasteiger partial charge in [0.05, 0.1) is 6.61 Å². The molecule has 1 saturated heterocycles. The van der Waals surface area contributed by atoms with Crippen molar-refractivity contribution < 1.29 is 23.7 Å². The number of phenolic OH excluding ortho intramolecular Hbond substituents is 2. The van der Waals surface area contributed by atoms with Gasteiger partial charge >= 0.3 is 0 Å². The third-order valence-corrected chi connectivity index (χ3v) is 6.00. The fourth-order valence-corrected chi connectivity index (χ4v) is 4.11. The Hall–Kier alpha value is -3.00. The molecule has 0 spiro atoms. The van der Waals surface area contributed by atoms with E-state index in [-0.39, 0.29) is 11.5 Å². The lowest BCUT2D eigenvalue weighted by Gasteiger charge is -2.35. The van der Waals surface area contributed by atoms with Gasteiger partial charge in [0.15, 0.2) is 23.1 Å². The van der Waals surface area contributed by atoms with E-state index in [0.717, 1.165) is 44.4 Å². The van der Waals surface area contributed by atoms with Crippen LogP contribution >= 0.6 is 0 Å². The van der Waals surface area contributed by atoms with Crippen molar-refractivity contribution in [2.24, 2.45) is 0 Å². The summed E-state index contributed by atoms with van der Waals surface area (Å²) in [7, 11) is 0. The highest BCUT2D eigenvalue weighted by atomic mass is 19.2. The van der Waals surface area contributed by atoms with E-state index in [1.807, 2.05) is 36.4 Å². The zero-order valence-electron chi connectivity index (χ0n) is 18.3. The standard InChI is InChI=1S/C26H28F2N2O3/c27-22-10-9-20(17-23(22)28)26(19-5-2-1-3-6-19)33-16-15-29-11-13-30(14-12-29)18-21-7-4-8-24(31)25(21)32/h1-10,17,26,31-32H,11-16,18H2. The molecule has 4 rings (SSSR count). The summed E-state index contributed by atoms with van der Waals surface area (Å²) in [6.45, 7) is 5.12.